The molecule has 0 amide bonds. The third-order valence-electron chi connectivity index (χ3n) is 0. The Morgan fingerprint density at radius 2 is 1.75 bits per heavy atom. The van der Waals surface area contributed by atoms with E-state index in [4.69, 9.17) is 5.21 Å². The molecule has 0 unspecified atom stereocenters. The molecule has 4 heteroatoms. The quantitative estimate of drug-likeness (QED) is 0.226. The molecule has 6 N–H and O–H groups in total. The molecule has 4 nitrogen and oxygen atoms in total. The van der Waals surface area contributed by atoms with E-state index in [-0.39, 0.29) is 5.48 Å². The van der Waals surface area contributed by atoms with Gasteiger partial charge in [-0.25, -0.2) is 5.84 Å². The Hall–Kier alpha value is -0.160. The molecule has 0 aromatic heterocycles. The Bertz CT molecular complexity index is 4.00. The Labute approximate surface area is 23.5 Å². The van der Waals surface area contributed by atoms with Crippen molar-refractivity contribution >= 4 is 0 Å². The second-order valence-electron chi connectivity index (χ2n) is 0.129. The van der Waals surface area contributed by atoms with Gasteiger partial charge in [-0.15, -0.1) is 5.59 Å². The molecule has 0 radical (unpaired) electrons. The Balaban J connectivity index is 0. The molecule has 28 valence electrons. The minimum absolute atomic E-state index is 0. The van der Waals surface area contributed by atoms with E-state index < -0.39 is 0 Å². The van der Waals surface area contributed by atoms with Crippen molar-refractivity contribution in [2.75, 3.05) is 0 Å². The lowest BCUT2D eigenvalue weighted by Crippen LogP contribution is -2.14. The summed E-state index contributed by atoms with van der Waals surface area (Å²) < 4.78 is 0. The number of hydrogen-bond acceptors (Lipinski definition) is 3. The van der Waals surface area contributed by atoms with Crippen molar-refractivity contribution in [2.24, 2.45) is 5.84 Å². The van der Waals surface area contributed by atoms with Gasteiger partial charge in [-0.3, -0.25) is 0 Å². The zero-order chi connectivity index (χ0) is 2.71. The van der Waals surface area contributed by atoms with Crippen molar-refractivity contribution in [1.29, 1.82) is 0 Å². The first-order valence-corrected chi connectivity index (χ1v) is 0.512. The summed E-state index contributed by atoms with van der Waals surface area (Å²) >= 11 is 0. The van der Waals surface area contributed by atoms with Crippen LogP contribution in [0.5, 0.6) is 0 Å². The van der Waals surface area contributed by atoms with Gasteiger partial charge in [0.25, 0.3) is 0 Å². The second kappa shape index (κ2) is 13.6. The van der Waals surface area contributed by atoms with Gasteiger partial charge in [-0.2, -0.15) is 0 Å². The van der Waals surface area contributed by atoms with Crippen LogP contribution in [0.4, 0.5) is 0 Å². The summed E-state index contributed by atoms with van der Waals surface area (Å²) in [4.78, 5) is 0. The number of rotatable bonds is 0. The predicted octanol–water partition coefficient (Wildman–Crippen LogP) is -1.99. The van der Waals surface area contributed by atoms with E-state index in [1.54, 1.807) is 0 Å². The smallest absolute Gasteiger partial charge is 0.143 e. The van der Waals surface area contributed by atoms with Crippen LogP contribution in [-0.2, 0) is 0 Å². The largest absolute Gasteiger partial charge is 0.412 e. The van der Waals surface area contributed by atoms with Crippen LogP contribution in [0.2, 0.25) is 0 Å². The Morgan fingerprint density at radius 1 is 1.75 bits per heavy atom. The Morgan fingerprint density at radius 3 is 1.75 bits per heavy atom. The average molecular weight is 66.1 g/mol. The lowest BCUT2D eigenvalue weighted by atomic mass is 12.8. The van der Waals surface area contributed by atoms with Crippen molar-refractivity contribution in [2.45, 2.75) is 0 Å². The van der Waals surface area contributed by atoms with Gasteiger partial charge in [0.15, 0.2) is 0 Å². The molecule has 4 heavy (non-hydrogen) atoms. The van der Waals surface area contributed by atoms with Gasteiger partial charge >= 0.3 is 0 Å². The molecular formula is H6N2O2. The summed E-state index contributed by atoms with van der Waals surface area (Å²) in [6.45, 7) is 0. The highest BCUT2D eigenvalue weighted by Crippen LogP contribution is 0.781. The van der Waals surface area contributed by atoms with E-state index in [9.17, 15) is 0 Å². The number of nitrogens with one attached hydrogen (secondary N) is 1. The molecule has 0 rings (SSSR count). The lowest BCUT2D eigenvalue weighted by Gasteiger charge is -1.62. The highest BCUT2D eigenvalue weighted by Gasteiger charge is 1.21. The van der Waals surface area contributed by atoms with Crippen molar-refractivity contribution in [3.8, 4) is 0 Å². The maximum atomic E-state index is 7.10. The molecule has 0 aliphatic carbocycles. The molecule has 0 saturated carbocycles. The van der Waals surface area contributed by atoms with Gasteiger partial charge in [0.2, 0.25) is 0 Å². The standard InChI is InChI=1S/H4N2O.H2O/c1-2-3;/h2-3H,1H2;1H2. The molecule has 0 aromatic carbocycles. The highest BCUT2D eigenvalue weighted by atomic mass is 16.5. The molecule has 0 aliphatic rings. The third kappa shape index (κ3) is 50.7. The predicted molar refractivity (Wildman–Crippen MR) is 12.7 cm³/mol. The zero-order valence-corrected chi connectivity index (χ0v) is 2.02. The fraction of sp³-hybridized carbons (Fsp3) is 0. The number of hydrazine groups is 1. The van der Waals surface area contributed by atoms with Crippen LogP contribution in [0.25, 0.3) is 0 Å². The van der Waals surface area contributed by atoms with Crippen LogP contribution >= 0.6 is 0 Å². The fourth-order valence-corrected chi connectivity index (χ4v) is 0. The van der Waals surface area contributed by atoms with Crippen molar-refractivity contribution in [1.82, 2.24) is 5.59 Å². The zero-order valence-electron chi connectivity index (χ0n) is 2.02. The van der Waals surface area contributed by atoms with Crippen molar-refractivity contribution in [3.05, 3.63) is 0 Å². The molecule has 0 saturated heterocycles. The SMILES string of the molecule is NNO.O. The van der Waals surface area contributed by atoms with Crippen LogP contribution in [0.1, 0.15) is 0 Å². The molecule has 0 bridgehead atoms. The molecule has 0 aliphatic heterocycles. The van der Waals surface area contributed by atoms with Crippen LogP contribution < -0.4 is 11.4 Å². The van der Waals surface area contributed by atoms with E-state index in [1.165, 1.54) is 5.59 Å². The van der Waals surface area contributed by atoms with Gasteiger partial charge in [0.1, 0.15) is 0 Å². The van der Waals surface area contributed by atoms with Gasteiger partial charge in [0.05, 0.1) is 0 Å². The van der Waals surface area contributed by atoms with E-state index in [0.29, 0.717) is 0 Å². The maximum absolute atomic E-state index is 7.10. The summed E-state index contributed by atoms with van der Waals surface area (Å²) in [5.74, 6) is 4.15. The second-order valence-corrected chi connectivity index (χ2v) is 0.129. The van der Waals surface area contributed by atoms with Gasteiger partial charge in [0, 0.05) is 0 Å². The molecule has 0 fully saturated rings. The molecule has 0 spiro atoms. The molecule has 0 heterocycles. The van der Waals surface area contributed by atoms with E-state index in [0.717, 1.165) is 0 Å². The summed E-state index contributed by atoms with van der Waals surface area (Å²) in [7, 11) is 0. The van der Waals surface area contributed by atoms with Crippen molar-refractivity contribution < 1.29 is 10.7 Å². The van der Waals surface area contributed by atoms with Crippen LogP contribution in [0.15, 0.2) is 0 Å². The van der Waals surface area contributed by atoms with E-state index >= 15 is 0 Å². The van der Waals surface area contributed by atoms with Crippen LogP contribution in [0.3, 0.4) is 0 Å². The monoisotopic (exact) mass is 66.0 g/mol. The topological polar surface area (TPSA) is 89.8 Å². The number of nitrogens with two attached hydrogens (primary N) is 1. The van der Waals surface area contributed by atoms with Gasteiger partial charge in [-0.05, 0) is 0 Å². The third-order valence-corrected chi connectivity index (χ3v) is 0. The molecule has 0 atom stereocenters. The van der Waals surface area contributed by atoms with Crippen LogP contribution in [0, 0.1) is 0 Å². The van der Waals surface area contributed by atoms with E-state index in [1.807, 2.05) is 0 Å². The first-order chi connectivity index (χ1) is 1.41. The van der Waals surface area contributed by atoms with Crippen molar-refractivity contribution in [3.63, 3.8) is 0 Å². The minimum Gasteiger partial charge on any atom is -0.412 e. The summed E-state index contributed by atoms with van der Waals surface area (Å²) in [5, 5.41) is 7.10. The van der Waals surface area contributed by atoms with E-state index in [2.05, 4.69) is 5.84 Å². The summed E-state index contributed by atoms with van der Waals surface area (Å²) in [5.41, 5.74) is 1.25. The van der Waals surface area contributed by atoms with Gasteiger partial charge in [-0.1, -0.05) is 0 Å². The van der Waals surface area contributed by atoms with Gasteiger partial charge < -0.3 is 10.7 Å². The Kier molecular flexibility index (Phi) is 31.2. The minimum atomic E-state index is 0. The average Bonchev–Trinajstić information content (AvgIpc) is 0.918. The first-order valence-electron chi connectivity index (χ1n) is 0.512. The first kappa shape index (κ1) is 9.15. The fourth-order valence-electron chi connectivity index (χ4n) is 0. The molecule has 0 aromatic rings. The lowest BCUT2D eigenvalue weighted by molar-refractivity contribution is 0.169. The highest BCUT2D eigenvalue weighted by molar-refractivity contribution is 3.42. The maximum Gasteiger partial charge on any atom is -0.143 e. The van der Waals surface area contributed by atoms with Crippen LogP contribution in [-0.4, -0.2) is 10.7 Å². The molecular weight excluding hydrogens is 60.0 g/mol. The summed E-state index contributed by atoms with van der Waals surface area (Å²) in [6, 6.07) is 0. The number of hydrogen-bond donors (Lipinski definition) is 3. The normalized spacial score (nSPS) is 4.50. The summed E-state index contributed by atoms with van der Waals surface area (Å²) in [6.07, 6.45) is 0.